The van der Waals surface area contributed by atoms with Crippen LogP contribution in [0.4, 0.5) is 0 Å². The molecule has 0 radical (unpaired) electrons. The molecule has 0 heterocycles. The number of hydrogen-bond donors (Lipinski definition) is 1. The third-order valence-corrected chi connectivity index (χ3v) is 3.06. The lowest BCUT2D eigenvalue weighted by atomic mass is 9.82. The number of aliphatic hydroxyl groups excluding tert-OH is 1. The molecule has 110 valence electrons. The van der Waals surface area contributed by atoms with Gasteiger partial charge in [-0.1, -0.05) is 72.3 Å². The van der Waals surface area contributed by atoms with E-state index >= 15 is 0 Å². The van der Waals surface area contributed by atoms with E-state index in [4.69, 9.17) is 0 Å². The van der Waals surface area contributed by atoms with Crippen molar-refractivity contribution in [3.8, 4) is 0 Å². The lowest BCUT2D eigenvalue weighted by Gasteiger charge is -2.24. The average Bonchev–Trinajstić information content (AvgIpc) is 2.22. The van der Waals surface area contributed by atoms with Crippen LogP contribution in [-0.2, 0) is 4.79 Å². The Bertz CT molecular complexity index is 337. The van der Waals surface area contributed by atoms with Gasteiger partial charge in [-0.25, -0.2) is 0 Å². The van der Waals surface area contributed by atoms with Crippen molar-refractivity contribution in [1.29, 1.82) is 0 Å². The molecular weight excluding hydrogens is 236 g/mol. The van der Waals surface area contributed by atoms with Gasteiger partial charge in [0, 0.05) is 12.3 Å². The number of aldehydes is 1. The molecule has 1 N–H and O–H groups in total. The third-order valence-electron chi connectivity index (χ3n) is 3.06. The Morgan fingerprint density at radius 1 is 1.16 bits per heavy atom. The fourth-order valence-electron chi connectivity index (χ4n) is 1.69. The van der Waals surface area contributed by atoms with Crippen LogP contribution in [0, 0.1) is 16.7 Å². The Labute approximate surface area is 118 Å². The van der Waals surface area contributed by atoms with Gasteiger partial charge in [0.05, 0.1) is 6.10 Å². The Morgan fingerprint density at radius 2 is 1.68 bits per heavy atom. The van der Waals surface area contributed by atoms with E-state index in [0.29, 0.717) is 6.42 Å². The van der Waals surface area contributed by atoms with Crippen LogP contribution >= 0.6 is 0 Å². The predicted octanol–water partition coefficient (Wildman–Crippen LogP) is 4.15. The Kier molecular flexibility index (Phi) is 6.71. The van der Waals surface area contributed by atoms with E-state index in [1.54, 1.807) is 0 Å². The van der Waals surface area contributed by atoms with Crippen LogP contribution in [0.2, 0.25) is 0 Å². The summed E-state index contributed by atoms with van der Waals surface area (Å²) in [5, 5.41) is 10.1. The van der Waals surface area contributed by atoms with Crippen molar-refractivity contribution >= 4 is 6.29 Å². The summed E-state index contributed by atoms with van der Waals surface area (Å²) in [6, 6.07) is 0. The summed E-state index contributed by atoms with van der Waals surface area (Å²) in [4.78, 5) is 10.8. The topological polar surface area (TPSA) is 37.3 Å². The summed E-state index contributed by atoms with van der Waals surface area (Å²) in [5.74, 6) is 0.00720. The maximum absolute atomic E-state index is 10.8. The van der Waals surface area contributed by atoms with Gasteiger partial charge in [0.15, 0.2) is 0 Å². The van der Waals surface area contributed by atoms with Crippen LogP contribution in [0.1, 0.15) is 54.9 Å². The number of carbonyl (C=O) groups is 1. The van der Waals surface area contributed by atoms with E-state index in [1.165, 1.54) is 0 Å². The zero-order chi connectivity index (χ0) is 15.3. The van der Waals surface area contributed by atoms with Crippen molar-refractivity contribution in [1.82, 2.24) is 0 Å². The largest absolute Gasteiger partial charge is 0.388 e. The minimum absolute atomic E-state index is 0.00720. The molecule has 2 atom stereocenters. The molecule has 0 aromatic rings. The average molecular weight is 266 g/mol. The zero-order valence-electron chi connectivity index (χ0n) is 13.5. The van der Waals surface area contributed by atoms with E-state index in [9.17, 15) is 9.90 Å². The van der Waals surface area contributed by atoms with Crippen LogP contribution in [0.25, 0.3) is 0 Å². The second kappa shape index (κ2) is 7.04. The maximum Gasteiger partial charge on any atom is 0.124 e. The van der Waals surface area contributed by atoms with E-state index in [0.717, 1.165) is 11.9 Å². The molecule has 0 fully saturated rings. The summed E-state index contributed by atoms with van der Waals surface area (Å²) < 4.78 is 0. The van der Waals surface area contributed by atoms with Crippen molar-refractivity contribution < 1.29 is 9.90 Å². The highest BCUT2D eigenvalue weighted by Crippen LogP contribution is 2.29. The first-order valence-corrected chi connectivity index (χ1v) is 6.99. The van der Waals surface area contributed by atoms with Crippen molar-refractivity contribution in [3.05, 3.63) is 23.8 Å². The predicted molar refractivity (Wildman–Crippen MR) is 82.0 cm³/mol. The number of carbonyl (C=O) groups excluding carboxylic acids is 1. The molecule has 2 heteroatoms. The highest BCUT2D eigenvalue weighted by molar-refractivity contribution is 5.55. The monoisotopic (exact) mass is 266 g/mol. The van der Waals surface area contributed by atoms with Gasteiger partial charge in [-0.2, -0.15) is 0 Å². The number of aliphatic hydroxyl groups is 1. The van der Waals surface area contributed by atoms with Crippen molar-refractivity contribution in [2.24, 2.45) is 16.7 Å². The van der Waals surface area contributed by atoms with Gasteiger partial charge in [0.25, 0.3) is 0 Å². The molecule has 2 nitrogen and oxygen atoms in total. The maximum atomic E-state index is 10.8. The fraction of sp³-hybridized carbons (Fsp3) is 0.706. The molecule has 0 aromatic carbocycles. The second-order valence-electron chi connectivity index (χ2n) is 7.39. The SMILES string of the molecule is C[C@H](/C=C(\CC=O)C(C)(C)C)[C@@H](O)/C=C/C(C)(C)C. The minimum Gasteiger partial charge on any atom is -0.388 e. The molecular formula is C17H30O2. The quantitative estimate of drug-likeness (QED) is 0.599. The molecule has 0 amide bonds. The van der Waals surface area contributed by atoms with Crippen LogP contribution in [-0.4, -0.2) is 17.5 Å². The Hall–Kier alpha value is -0.890. The van der Waals surface area contributed by atoms with Crippen molar-refractivity contribution in [3.63, 3.8) is 0 Å². The molecule has 0 aromatic heterocycles. The molecule has 0 aliphatic carbocycles. The number of rotatable bonds is 5. The van der Waals surface area contributed by atoms with Gasteiger partial charge < -0.3 is 9.90 Å². The second-order valence-corrected chi connectivity index (χ2v) is 7.39. The lowest BCUT2D eigenvalue weighted by molar-refractivity contribution is -0.107. The third kappa shape index (κ3) is 7.99. The van der Waals surface area contributed by atoms with Gasteiger partial charge in [-0.3, -0.25) is 0 Å². The van der Waals surface area contributed by atoms with Crippen molar-refractivity contribution in [2.75, 3.05) is 0 Å². The van der Waals surface area contributed by atoms with Crippen LogP contribution < -0.4 is 0 Å². The highest BCUT2D eigenvalue weighted by atomic mass is 16.3. The molecule has 0 saturated heterocycles. The summed E-state index contributed by atoms with van der Waals surface area (Å²) in [5.41, 5.74) is 1.11. The first-order chi connectivity index (χ1) is 8.47. The minimum atomic E-state index is -0.511. The standard InChI is InChI=1S/C17H30O2/c1-13(15(19)8-10-16(2,3)4)12-14(9-11-18)17(5,6)7/h8,10-13,15,19H,9H2,1-7H3/b10-8+,14-12+/t13-,15+/m1/s1. The molecule has 0 aliphatic rings. The molecule has 0 unspecified atom stereocenters. The summed E-state index contributed by atoms with van der Waals surface area (Å²) in [7, 11) is 0. The molecule has 0 bridgehead atoms. The Morgan fingerprint density at radius 3 is 2.05 bits per heavy atom. The normalized spacial score (nSPS) is 17.6. The zero-order valence-corrected chi connectivity index (χ0v) is 13.5. The van der Waals surface area contributed by atoms with Gasteiger partial charge in [-0.05, 0) is 10.8 Å². The smallest absolute Gasteiger partial charge is 0.124 e. The number of hydrogen-bond acceptors (Lipinski definition) is 2. The van der Waals surface area contributed by atoms with Gasteiger partial charge in [0.2, 0.25) is 0 Å². The van der Waals surface area contributed by atoms with E-state index < -0.39 is 6.10 Å². The number of allylic oxidation sites excluding steroid dienone is 2. The van der Waals surface area contributed by atoms with Gasteiger partial charge in [0.1, 0.15) is 6.29 Å². The molecule has 0 saturated carbocycles. The summed E-state index contributed by atoms with van der Waals surface area (Å²) in [6.45, 7) is 14.6. The van der Waals surface area contributed by atoms with E-state index in [1.807, 2.05) is 25.2 Å². The first-order valence-electron chi connectivity index (χ1n) is 6.99. The molecule has 0 spiro atoms. The summed E-state index contributed by atoms with van der Waals surface area (Å²) in [6.07, 6.45) is 6.76. The van der Waals surface area contributed by atoms with E-state index in [-0.39, 0.29) is 16.7 Å². The summed E-state index contributed by atoms with van der Waals surface area (Å²) >= 11 is 0. The van der Waals surface area contributed by atoms with Crippen LogP contribution in [0.15, 0.2) is 23.8 Å². The highest BCUT2D eigenvalue weighted by Gasteiger charge is 2.19. The van der Waals surface area contributed by atoms with Crippen molar-refractivity contribution in [2.45, 2.75) is 61.0 Å². The molecule has 19 heavy (non-hydrogen) atoms. The van der Waals surface area contributed by atoms with Gasteiger partial charge >= 0.3 is 0 Å². The Balaban J connectivity index is 4.93. The first kappa shape index (κ1) is 18.1. The molecule has 0 aliphatic heterocycles. The van der Waals surface area contributed by atoms with Crippen LogP contribution in [0.5, 0.6) is 0 Å². The van der Waals surface area contributed by atoms with Gasteiger partial charge in [-0.15, -0.1) is 0 Å². The molecule has 0 rings (SSSR count). The van der Waals surface area contributed by atoms with Crippen LogP contribution in [0.3, 0.4) is 0 Å². The fourth-order valence-corrected chi connectivity index (χ4v) is 1.69. The lowest BCUT2D eigenvalue weighted by Crippen LogP contribution is -2.18. The van der Waals surface area contributed by atoms with E-state index in [2.05, 4.69) is 41.5 Å².